The SMILES string of the molecule is CC(O)(CCN)c1cc(Cl)cnc1N. The number of pyridine rings is 1. The van der Waals surface area contributed by atoms with Gasteiger partial charge in [-0.3, -0.25) is 0 Å². The van der Waals surface area contributed by atoms with Gasteiger partial charge in [0, 0.05) is 11.8 Å². The molecule has 1 unspecified atom stereocenters. The third kappa shape index (κ3) is 2.35. The summed E-state index contributed by atoms with van der Waals surface area (Å²) in [6.45, 7) is 2.02. The summed E-state index contributed by atoms with van der Waals surface area (Å²) in [5.74, 6) is 0.285. The zero-order valence-corrected chi connectivity index (χ0v) is 8.75. The van der Waals surface area contributed by atoms with Crippen molar-refractivity contribution in [3.8, 4) is 0 Å². The number of hydrogen-bond acceptors (Lipinski definition) is 4. The molecule has 1 rings (SSSR count). The Bertz CT molecular complexity index is 328. The highest BCUT2D eigenvalue weighted by atomic mass is 35.5. The maximum atomic E-state index is 10.0. The lowest BCUT2D eigenvalue weighted by Gasteiger charge is -2.24. The first-order chi connectivity index (χ1) is 6.47. The molecule has 1 heterocycles. The largest absolute Gasteiger partial charge is 0.385 e. The quantitative estimate of drug-likeness (QED) is 0.699. The first kappa shape index (κ1) is 11.2. The summed E-state index contributed by atoms with van der Waals surface area (Å²) in [6, 6.07) is 1.61. The lowest BCUT2D eigenvalue weighted by atomic mass is 9.93. The molecular formula is C9H14ClN3O. The van der Waals surface area contributed by atoms with Crippen molar-refractivity contribution in [2.45, 2.75) is 18.9 Å². The van der Waals surface area contributed by atoms with E-state index in [0.29, 0.717) is 23.6 Å². The molecular weight excluding hydrogens is 202 g/mol. The molecule has 0 radical (unpaired) electrons. The van der Waals surface area contributed by atoms with Gasteiger partial charge in [0.15, 0.2) is 0 Å². The van der Waals surface area contributed by atoms with Gasteiger partial charge in [-0.1, -0.05) is 11.6 Å². The van der Waals surface area contributed by atoms with E-state index >= 15 is 0 Å². The summed E-state index contributed by atoms with van der Waals surface area (Å²) >= 11 is 5.76. The van der Waals surface area contributed by atoms with Gasteiger partial charge in [0.2, 0.25) is 0 Å². The molecule has 78 valence electrons. The predicted molar refractivity (Wildman–Crippen MR) is 56.9 cm³/mol. The Balaban J connectivity index is 3.10. The van der Waals surface area contributed by atoms with Crippen LogP contribution in [0.3, 0.4) is 0 Å². The first-order valence-corrected chi connectivity index (χ1v) is 4.69. The van der Waals surface area contributed by atoms with Gasteiger partial charge in [-0.05, 0) is 26.0 Å². The Morgan fingerprint density at radius 3 is 2.86 bits per heavy atom. The van der Waals surface area contributed by atoms with Gasteiger partial charge in [0.05, 0.1) is 10.6 Å². The normalized spacial score (nSPS) is 15.1. The fraction of sp³-hybridized carbons (Fsp3) is 0.444. The van der Waals surface area contributed by atoms with Crippen molar-refractivity contribution in [1.29, 1.82) is 0 Å². The average molecular weight is 216 g/mol. The number of rotatable bonds is 3. The van der Waals surface area contributed by atoms with Gasteiger partial charge in [0.1, 0.15) is 5.82 Å². The number of aliphatic hydroxyl groups is 1. The molecule has 0 aliphatic rings. The third-order valence-corrected chi connectivity index (χ3v) is 2.30. The van der Waals surface area contributed by atoms with E-state index in [1.54, 1.807) is 13.0 Å². The predicted octanol–water partition coefficient (Wildman–Crippen LogP) is 0.873. The van der Waals surface area contributed by atoms with Crippen molar-refractivity contribution in [2.75, 3.05) is 12.3 Å². The summed E-state index contributed by atoms with van der Waals surface area (Å²) < 4.78 is 0. The number of hydrogen-bond donors (Lipinski definition) is 3. The fourth-order valence-corrected chi connectivity index (χ4v) is 1.45. The summed E-state index contributed by atoms with van der Waals surface area (Å²) in [7, 11) is 0. The Morgan fingerprint density at radius 2 is 2.29 bits per heavy atom. The summed E-state index contributed by atoms with van der Waals surface area (Å²) in [5, 5.41) is 10.5. The second kappa shape index (κ2) is 4.13. The van der Waals surface area contributed by atoms with Gasteiger partial charge in [-0.25, -0.2) is 4.98 Å². The van der Waals surface area contributed by atoms with Gasteiger partial charge in [-0.2, -0.15) is 0 Å². The van der Waals surface area contributed by atoms with Crippen molar-refractivity contribution in [2.24, 2.45) is 5.73 Å². The number of halogens is 1. The van der Waals surface area contributed by atoms with E-state index in [1.807, 2.05) is 0 Å². The van der Waals surface area contributed by atoms with Crippen LogP contribution in [0.2, 0.25) is 5.02 Å². The molecule has 1 atom stereocenters. The summed E-state index contributed by atoms with van der Waals surface area (Å²) in [6.07, 6.45) is 1.86. The number of anilines is 1. The van der Waals surface area contributed by atoms with E-state index in [2.05, 4.69) is 4.98 Å². The van der Waals surface area contributed by atoms with Crippen LogP contribution in [-0.4, -0.2) is 16.6 Å². The maximum absolute atomic E-state index is 10.0. The Kier molecular flexibility index (Phi) is 3.31. The van der Waals surface area contributed by atoms with Crippen molar-refractivity contribution < 1.29 is 5.11 Å². The average Bonchev–Trinajstić information content (AvgIpc) is 2.09. The molecule has 0 saturated heterocycles. The monoisotopic (exact) mass is 215 g/mol. The van der Waals surface area contributed by atoms with Gasteiger partial charge in [0.25, 0.3) is 0 Å². The smallest absolute Gasteiger partial charge is 0.129 e. The highest BCUT2D eigenvalue weighted by Gasteiger charge is 2.25. The number of nitrogens with two attached hydrogens (primary N) is 2. The van der Waals surface area contributed by atoms with Crippen LogP contribution in [0.5, 0.6) is 0 Å². The van der Waals surface area contributed by atoms with E-state index in [9.17, 15) is 5.11 Å². The Labute approximate surface area is 87.9 Å². The van der Waals surface area contributed by atoms with Crippen LogP contribution in [0.1, 0.15) is 18.9 Å². The van der Waals surface area contributed by atoms with E-state index in [0.717, 1.165) is 0 Å². The van der Waals surface area contributed by atoms with Crippen molar-refractivity contribution in [3.63, 3.8) is 0 Å². The van der Waals surface area contributed by atoms with Crippen LogP contribution < -0.4 is 11.5 Å². The molecule has 14 heavy (non-hydrogen) atoms. The molecule has 0 saturated carbocycles. The van der Waals surface area contributed by atoms with E-state index in [4.69, 9.17) is 23.1 Å². The molecule has 0 aliphatic heterocycles. The summed E-state index contributed by atoms with van der Waals surface area (Å²) in [5.41, 5.74) is 10.5. The molecule has 1 aromatic rings. The standard InChI is InChI=1S/C9H14ClN3O/c1-9(14,2-3-11)7-4-6(10)5-13-8(7)12/h4-5,14H,2-3,11H2,1H3,(H2,12,13). The molecule has 1 aromatic heterocycles. The van der Waals surface area contributed by atoms with Crippen LogP contribution in [0.15, 0.2) is 12.3 Å². The number of nitrogen functional groups attached to an aromatic ring is 1. The molecule has 0 amide bonds. The molecule has 0 bridgehead atoms. The van der Waals surface area contributed by atoms with E-state index in [1.165, 1.54) is 6.20 Å². The minimum atomic E-state index is -1.07. The van der Waals surface area contributed by atoms with Gasteiger partial charge >= 0.3 is 0 Å². The Hall–Kier alpha value is -0.840. The number of aromatic nitrogens is 1. The zero-order valence-electron chi connectivity index (χ0n) is 8.00. The van der Waals surface area contributed by atoms with E-state index < -0.39 is 5.60 Å². The van der Waals surface area contributed by atoms with E-state index in [-0.39, 0.29) is 5.82 Å². The highest BCUT2D eigenvalue weighted by Crippen LogP contribution is 2.29. The third-order valence-electron chi connectivity index (χ3n) is 2.10. The van der Waals surface area contributed by atoms with Crippen LogP contribution in [-0.2, 0) is 5.60 Å². The molecule has 5 heteroatoms. The highest BCUT2D eigenvalue weighted by molar-refractivity contribution is 6.30. The topological polar surface area (TPSA) is 85.2 Å². The molecule has 4 nitrogen and oxygen atoms in total. The molecule has 0 aliphatic carbocycles. The van der Waals surface area contributed by atoms with Crippen molar-refractivity contribution in [3.05, 3.63) is 22.8 Å². The molecule has 0 fully saturated rings. The lowest BCUT2D eigenvalue weighted by Crippen LogP contribution is -2.26. The lowest BCUT2D eigenvalue weighted by molar-refractivity contribution is 0.0509. The van der Waals surface area contributed by atoms with Crippen LogP contribution in [0, 0.1) is 0 Å². The first-order valence-electron chi connectivity index (χ1n) is 4.31. The van der Waals surface area contributed by atoms with Gasteiger partial charge < -0.3 is 16.6 Å². The van der Waals surface area contributed by atoms with Crippen molar-refractivity contribution in [1.82, 2.24) is 4.98 Å². The van der Waals surface area contributed by atoms with Crippen molar-refractivity contribution >= 4 is 17.4 Å². The van der Waals surface area contributed by atoms with Crippen LogP contribution >= 0.6 is 11.6 Å². The second-order valence-electron chi connectivity index (χ2n) is 3.40. The minimum Gasteiger partial charge on any atom is -0.385 e. The fourth-order valence-electron chi connectivity index (χ4n) is 1.30. The molecule has 5 N–H and O–H groups in total. The van der Waals surface area contributed by atoms with Crippen LogP contribution in [0.4, 0.5) is 5.82 Å². The molecule has 0 aromatic carbocycles. The zero-order chi connectivity index (χ0) is 10.8. The maximum Gasteiger partial charge on any atom is 0.129 e. The van der Waals surface area contributed by atoms with Gasteiger partial charge in [-0.15, -0.1) is 0 Å². The second-order valence-corrected chi connectivity index (χ2v) is 3.84. The minimum absolute atomic E-state index is 0.285. The molecule has 0 spiro atoms. The van der Waals surface area contributed by atoms with Crippen LogP contribution in [0.25, 0.3) is 0 Å². The summed E-state index contributed by atoms with van der Waals surface area (Å²) in [4.78, 5) is 3.87. The Morgan fingerprint density at radius 1 is 1.64 bits per heavy atom. The number of nitrogens with zero attached hydrogens (tertiary/aromatic N) is 1.